The van der Waals surface area contributed by atoms with E-state index in [1.54, 1.807) is 0 Å². The molecule has 0 saturated heterocycles. The van der Waals surface area contributed by atoms with E-state index in [4.69, 9.17) is 0 Å². The van der Waals surface area contributed by atoms with Crippen molar-refractivity contribution in [2.45, 2.75) is 32.4 Å². The number of rotatable bonds is 5. The second kappa shape index (κ2) is 6.22. The zero-order valence-corrected chi connectivity index (χ0v) is 11.0. The fraction of sp³-hybridized carbons (Fsp3) is 0.429. The molecule has 0 aromatic heterocycles. The Bertz CT molecular complexity index is 470. The summed E-state index contributed by atoms with van der Waals surface area (Å²) in [6.07, 6.45) is 2.07. The molecule has 1 saturated carbocycles. The van der Waals surface area contributed by atoms with Crippen LogP contribution >= 0.6 is 0 Å². The van der Waals surface area contributed by atoms with E-state index in [1.165, 1.54) is 0 Å². The minimum atomic E-state index is -0.270. The average Bonchev–Trinajstić information content (AvgIpc) is 3.19. The van der Waals surface area contributed by atoms with Gasteiger partial charge in [-0.2, -0.15) is 0 Å². The van der Waals surface area contributed by atoms with Crippen LogP contribution in [0.4, 0.5) is 4.79 Å². The Hall–Kier alpha value is -2.04. The van der Waals surface area contributed by atoms with Gasteiger partial charge in [0.1, 0.15) is 0 Å². The SMILES string of the molecule is Cc1ccccc1CNC(=O)CNC(=O)NC1CC1. The molecule has 1 aromatic carbocycles. The molecule has 102 valence electrons. The maximum absolute atomic E-state index is 11.6. The van der Waals surface area contributed by atoms with Crippen molar-refractivity contribution in [2.24, 2.45) is 0 Å². The number of aryl methyl sites for hydroxylation is 1. The molecule has 0 atom stereocenters. The summed E-state index contributed by atoms with van der Waals surface area (Å²) < 4.78 is 0. The van der Waals surface area contributed by atoms with Gasteiger partial charge in [-0.1, -0.05) is 24.3 Å². The number of amides is 3. The Kier molecular flexibility index (Phi) is 4.39. The van der Waals surface area contributed by atoms with Crippen molar-refractivity contribution >= 4 is 11.9 Å². The van der Waals surface area contributed by atoms with Crippen molar-refractivity contribution in [3.05, 3.63) is 35.4 Å². The van der Waals surface area contributed by atoms with Gasteiger partial charge in [0.2, 0.25) is 5.91 Å². The molecule has 3 N–H and O–H groups in total. The smallest absolute Gasteiger partial charge is 0.315 e. The Labute approximate surface area is 112 Å². The highest BCUT2D eigenvalue weighted by Gasteiger charge is 2.23. The first-order valence-electron chi connectivity index (χ1n) is 6.50. The van der Waals surface area contributed by atoms with Crippen LogP contribution in [0.5, 0.6) is 0 Å². The van der Waals surface area contributed by atoms with Gasteiger partial charge >= 0.3 is 6.03 Å². The highest BCUT2D eigenvalue weighted by atomic mass is 16.2. The van der Waals surface area contributed by atoms with E-state index in [9.17, 15) is 9.59 Å². The van der Waals surface area contributed by atoms with Crippen LogP contribution in [0.3, 0.4) is 0 Å². The molecule has 0 spiro atoms. The van der Waals surface area contributed by atoms with Gasteiger partial charge in [-0.05, 0) is 30.9 Å². The zero-order chi connectivity index (χ0) is 13.7. The van der Waals surface area contributed by atoms with Crippen LogP contribution in [0.2, 0.25) is 0 Å². The largest absolute Gasteiger partial charge is 0.350 e. The lowest BCUT2D eigenvalue weighted by atomic mass is 10.1. The monoisotopic (exact) mass is 261 g/mol. The van der Waals surface area contributed by atoms with Crippen molar-refractivity contribution < 1.29 is 9.59 Å². The van der Waals surface area contributed by atoms with Crippen LogP contribution in [0.25, 0.3) is 0 Å². The number of carbonyl (C=O) groups is 2. The molecular formula is C14H19N3O2. The first-order chi connectivity index (χ1) is 9.15. The molecule has 5 nitrogen and oxygen atoms in total. The van der Waals surface area contributed by atoms with Gasteiger partial charge < -0.3 is 16.0 Å². The molecule has 0 bridgehead atoms. The van der Waals surface area contributed by atoms with E-state index in [2.05, 4.69) is 16.0 Å². The van der Waals surface area contributed by atoms with Gasteiger partial charge in [0.15, 0.2) is 0 Å². The minimum Gasteiger partial charge on any atom is -0.350 e. The lowest BCUT2D eigenvalue weighted by Crippen LogP contribution is -2.42. The van der Waals surface area contributed by atoms with E-state index < -0.39 is 0 Å². The number of hydrogen-bond donors (Lipinski definition) is 3. The summed E-state index contributed by atoms with van der Waals surface area (Å²) in [5.41, 5.74) is 2.22. The Morgan fingerprint density at radius 1 is 1.21 bits per heavy atom. The molecule has 0 aliphatic heterocycles. The molecule has 5 heteroatoms. The van der Waals surface area contributed by atoms with Crippen LogP contribution < -0.4 is 16.0 Å². The first-order valence-corrected chi connectivity index (χ1v) is 6.50. The van der Waals surface area contributed by atoms with Crippen LogP contribution in [-0.2, 0) is 11.3 Å². The predicted octanol–water partition coefficient (Wildman–Crippen LogP) is 1.07. The fourth-order valence-corrected chi connectivity index (χ4v) is 1.69. The molecule has 1 aromatic rings. The Morgan fingerprint density at radius 2 is 1.95 bits per heavy atom. The summed E-state index contributed by atoms with van der Waals surface area (Å²) in [5, 5.41) is 8.09. The average molecular weight is 261 g/mol. The molecule has 0 heterocycles. The number of urea groups is 1. The maximum Gasteiger partial charge on any atom is 0.315 e. The maximum atomic E-state index is 11.6. The predicted molar refractivity (Wildman–Crippen MR) is 72.6 cm³/mol. The molecular weight excluding hydrogens is 242 g/mol. The Balaban J connectivity index is 1.66. The van der Waals surface area contributed by atoms with Crippen LogP contribution in [0.1, 0.15) is 24.0 Å². The molecule has 0 unspecified atom stereocenters. The molecule has 0 radical (unpaired) electrons. The van der Waals surface area contributed by atoms with E-state index in [-0.39, 0.29) is 18.5 Å². The van der Waals surface area contributed by atoms with E-state index in [1.807, 2.05) is 31.2 Å². The summed E-state index contributed by atoms with van der Waals surface area (Å²) in [7, 11) is 0. The van der Waals surface area contributed by atoms with E-state index >= 15 is 0 Å². The normalized spacial score (nSPS) is 13.7. The van der Waals surface area contributed by atoms with Crippen molar-refractivity contribution in [3.63, 3.8) is 0 Å². The number of benzene rings is 1. The highest BCUT2D eigenvalue weighted by Crippen LogP contribution is 2.18. The summed E-state index contributed by atoms with van der Waals surface area (Å²) >= 11 is 0. The van der Waals surface area contributed by atoms with Crippen LogP contribution in [0, 0.1) is 6.92 Å². The standard InChI is InChI=1S/C14H19N3O2/c1-10-4-2-3-5-11(10)8-15-13(18)9-16-14(19)17-12-6-7-12/h2-5,12H,6-9H2,1H3,(H,15,18)(H2,16,17,19). The van der Waals surface area contributed by atoms with Gasteiger partial charge in [-0.3, -0.25) is 4.79 Å². The Morgan fingerprint density at radius 3 is 2.63 bits per heavy atom. The lowest BCUT2D eigenvalue weighted by molar-refractivity contribution is -0.120. The van der Waals surface area contributed by atoms with Crippen LogP contribution in [-0.4, -0.2) is 24.5 Å². The third-order valence-corrected chi connectivity index (χ3v) is 3.06. The van der Waals surface area contributed by atoms with Gasteiger partial charge in [0.05, 0.1) is 6.54 Å². The van der Waals surface area contributed by atoms with Gasteiger partial charge in [0.25, 0.3) is 0 Å². The minimum absolute atomic E-state index is 0.00440. The quantitative estimate of drug-likeness (QED) is 0.742. The van der Waals surface area contributed by atoms with Crippen LogP contribution in [0.15, 0.2) is 24.3 Å². The van der Waals surface area contributed by atoms with Crippen molar-refractivity contribution in [1.82, 2.24) is 16.0 Å². The van der Waals surface area contributed by atoms with Crippen molar-refractivity contribution in [3.8, 4) is 0 Å². The molecule has 3 amide bonds. The van der Waals surface area contributed by atoms with E-state index in [0.717, 1.165) is 24.0 Å². The second-order valence-corrected chi connectivity index (χ2v) is 4.80. The van der Waals surface area contributed by atoms with E-state index in [0.29, 0.717) is 12.6 Å². The van der Waals surface area contributed by atoms with Gasteiger partial charge in [0, 0.05) is 12.6 Å². The number of nitrogens with one attached hydrogen (secondary N) is 3. The van der Waals surface area contributed by atoms with Gasteiger partial charge in [-0.15, -0.1) is 0 Å². The van der Waals surface area contributed by atoms with Crippen molar-refractivity contribution in [2.75, 3.05) is 6.54 Å². The molecule has 1 aliphatic rings. The summed E-state index contributed by atoms with van der Waals surface area (Å²) in [6.45, 7) is 2.49. The molecule has 1 fully saturated rings. The topological polar surface area (TPSA) is 70.2 Å². The summed E-state index contributed by atoms with van der Waals surface area (Å²) in [6, 6.07) is 7.91. The summed E-state index contributed by atoms with van der Waals surface area (Å²) in [5.74, 6) is -0.186. The number of hydrogen-bond acceptors (Lipinski definition) is 2. The third kappa shape index (κ3) is 4.62. The summed E-state index contributed by atoms with van der Waals surface area (Å²) in [4.78, 5) is 22.9. The second-order valence-electron chi connectivity index (χ2n) is 4.80. The fourth-order valence-electron chi connectivity index (χ4n) is 1.69. The zero-order valence-electron chi connectivity index (χ0n) is 11.0. The third-order valence-electron chi connectivity index (χ3n) is 3.06. The molecule has 19 heavy (non-hydrogen) atoms. The molecule has 2 rings (SSSR count). The number of carbonyl (C=O) groups excluding carboxylic acids is 2. The molecule has 1 aliphatic carbocycles. The van der Waals surface area contributed by atoms with Gasteiger partial charge in [-0.25, -0.2) is 4.79 Å². The lowest BCUT2D eigenvalue weighted by Gasteiger charge is -2.09. The first kappa shape index (κ1) is 13.4. The van der Waals surface area contributed by atoms with Crippen molar-refractivity contribution in [1.29, 1.82) is 0 Å². The highest BCUT2D eigenvalue weighted by molar-refractivity contribution is 5.84.